The van der Waals surface area contributed by atoms with Crippen molar-refractivity contribution in [2.24, 2.45) is 18.4 Å². The smallest absolute Gasteiger partial charge is 0.228 e. The Kier molecular flexibility index (Phi) is 5.76. The van der Waals surface area contributed by atoms with E-state index in [4.69, 9.17) is 9.47 Å². The maximum atomic E-state index is 12.8. The number of aryl methyl sites for hydroxylation is 1. The highest BCUT2D eigenvalue weighted by molar-refractivity contribution is 5.82. The van der Waals surface area contributed by atoms with Crippen LogP contribution in [0.25, 0.3) is 0 Å². The fraction of sp³-hybridized carbons (Fsp3) is 0.778. The van der Waals surface area contributed by atoms with E-state index in [1.807, 2.05) is 22.8 Å². The van der Waals surface area contributed by atoms with Crippen molar-refractivity contribution in [2.45, 2.75) is 19.4 Å². The summed E-state index contributed by atoms with van der Waals surface area (Å²) in [6.07, 6.45) is 6.08. The van der Waals surface area contributed by atoms with E-state index < -0.39 is 0 Å². The number of carbonyl (C=O) groups excluding carboxylic acids is 1. The van der Waals surface area contributed by atoms with E-state index in [-0.39, 0.29) is 17.2 Å². The molecule has 7 heteroatoms. The summed E-state index contributed by atoms with van der Waals surface area (Å²) in [5.74, 6) is 0.217. The Morgan fingerprint density at radius 1 is 1.28 bits per heavy atom. The first kappa shape index (κ1) is 18.4. The van der Waals surface area contributed by atoms with Crippen molar-refractivity contribution in [1.29, 1.82) is 0 Å². The van der Waals surface area contributed by atoms with Crippen LogP contribution < -0.4 is 0 Å². The van der Waals surface area contributed by atoms with Gasteiger partial charge in [0.15, 0.2) is 0 Å². The molecule has 140 valence electrons. The second-order valence-corrected chi connectivity index (χ2v) is 7.42. The molecule has 7 nitrogen and oxygen atoms in total. The molecule has 2 aliphatic rings. The zero-order valence-corrected chi connectivity index (χ0v) is 15.6. The average Bonchev–Trinajstić information content (AvgIpc) is 3.12. The fourth-order valence-corrected chi connectivity index (χ4v) is 4.33. The number of aromatic nitrogens is 2. The lowest BCUT2D eigenvalue weighted by atomic mass is 9.71. The number of rotatable bonds is 7. The summed E-state index contributed by atoms with van der Waals surface area (Å²) >= 11 is 0. The molecular weight excluding hydrogens is 320 g/mol. The van der Waals surface area contributed by atoms with Crippen molar-refractivity contribution in [3.8, 4) is 0 Å². The van der Waals surface area contributed by atoms with Crippen LogP contribution in [0.15, 0.2) is 12.4 Å². The maximum Gasteiger partial charge on any atom is 0.228 e. The molecule has 2 saturated heterocycles. The summed E-state index contributed by atoms with van der Waals surface area (Å²) < 4.78 is 12.4. The predicted molar refractivity (Wildman–Crippen MR) is 94.0 cm³/mol. The highest BCUT2D eigenvalue weighted by Gasteiger charge is 2.52. The summed E-state index contributed by atoms with van der Waals surface area (Å²) in [7, 11) is 5.32. The average molecular weight is 350 g/mol. The van der Waals surface area contributed by atoms with Gasteiger partial charge in [0.05, 0.1) is 25.3 Å². The molecule has 0 aromatic carbocycles. The molecular formula is C18H30N4O3. The van der Waals surface area contributed by atoms with Gasteiger partial charge in [-0.05, 0) is 25.9 Å². The molecule has 1 aromatic heterocycles. The lowest BCUT2D eigenvalue weighted by Crippen LogP contribution is -2.45. The molecule has 3 heterocycles. The Labute approximate surface area is 149 Å². The van der Waals surface area contributed by atoms with Crippen LogP contribution in [0.2, 0.25) is 0 Å². The van der Waals surface area contributed by atoms with Gasteiger partial charge in [-0.1, -0.05) is 0 Å². The third kappa shape index (κ3) is 3.88. The van der Waals surface area contributed by atoms with Gasteiger partial charge in [-0.2, -0.15) is 5.10 Å². The lowest BCUT2D eigenvalue weighted by Gasteiger charge is -2.41. The quantitative estimate of drug-likeness (QED) is 0.726. The van der Waals surface area contributed by atoms with Gasteiger partial charge in [-0.3, -0.25) is 14.4 Å². The van der Waals surface area contributed by atoms with Crippen LogP contribution in [0.3, 0.4) is 0 Å². The van der Waals surface area contributed by atoms with Gasteiger partial charge in [0.1, 0.15) is 0 Å². The van der Waals surface area contributed by atoms with Gasteiger partial charge >= 0.3 is 0 Å². The highest BCUT2D eigenvalue weighted by Crippen LogP contribution is 2.45. The molecule has 0 unspecified atom stereocenters. The van der Waals surface area contributed by atoms with Gasteiger partial charge in [0, 0.05) is 58.1 Å². The molecule has 0 aliphatic carbocycles. The molecule has 1 aromatic rings. The summed E-state index contributed by atoms with van der Waals surface area (Å²) in [6.45, 7) is 5.58. The molecule has 0 saturated carbocycles. The minimum atomic E-state index is -0.0186. The first-order valence-electron chi connectivity index (χ1n) is 9.04. The van der Waals surface area contributed by atoms with Crippen molar-refractivity contribution >= 4 is 5.91 Å². The summed E-state index contributed by atoms with van der Waals surface area (Å²) in [6, 6.07) is 0. The Bertz CT molecular complexity index is 581. The largest absolute Gasteiger partial charge is 0.384 e. The van der Waals surface area contributed by atoms with E-state index in [0.29, 0.717) is 19.8 Å². The second-order valence-electron chi connectivity index (χ2n) is 7.42. The first-order chi connectivity index (χ1) is 12.1. The molecule has 0 N–H and O–H groups in total. The number of piperidine rings is 1. The minimum absolute atomic E-state index is 0.0186. The molecule has 2 fully saturated rings. The third-order valence-corrected chi connectivity index (χ3v) is 5.77. The van der Waals surface area contributed by atoms with Crippen molar-refractivity contribution in [2.75, 3.05) is 53.6 Å². The Balaban J connectivity index is 1.63. The summed E-state index contributed by atoms with van der Waals surface area (Å²) in [4.78, 5) is 17.3. The van der Waals surface area contributed by atoms with Gasteiger partial charge in [0.2, 0.25) is 5.91 Å². The Morgan fingerprint density at radius 3 is 2.64 bits per heavy atom. The van der Waals surface area contributed by atoms with E-state index in [9.17, 15) is 4.79 Å². The van der Waals surface area contributed by atoms with E-state index in [2.05, 4.69) is 16.2 Å². The topological polar surface area (TPSA) is 59.8 Å². The number of hydrogen-bond acceptors (Lipinski definition) is 5. The molecule has 25 heavy (non-hydrogen) atoms. The van der Waals surface area contributed by atoms with E-state index in [1.165, 1.54) is 5.56 Å². The molecule has 0 bridgehead atoms. The predicted octanol–water partition coefficient (Wildman–Crippen LogP) is 0.754. The third-order valence-electron chi connectivity index (χ3n) is 5.77. The maximum absolute atomic E-state index is 12.8. The van der Waals surface area contributed by atoms with Crippen LogP contribution in [0.4, 0.5) is 0 Å². The van der Waals surface area contributed by atoms with Gasteiger partial charge < -0.3 is 14.4 Å². The van der Waals surface area contributed by atoms with Crippen LogP contribution in [-0.4, -0.2) is 79.1 Å². The molecule has 1 atom stereocenters. The fourth-order valence-electron chi connectivity index (χ4n) is 4.33. The SMILES string of the molecule is COCCN1CC2(CCN(Cc3cnn(C)c3)CC2)[C@H](COC)C1=O. The number of methoxy groups -OCH3 is 2. The van der Waals surface area contributed by atoms with Crippen molar-refractivity contribution < 1.29 is 14.3 Å². The van der Waals surface area contributed by atoms with Crippen LogP contribution in [-0.2, 0) is 27.9 Å². The van der Waals surface area contributed by atoms with Crippen molar-refractivity contribution in [3.63, 3.8) is 0 Å². The van der Waals surface area contributed by atoms with E-state index in [0.717, 1.165) is 39.0 Å². The normalized spacial score (nSPS) is 23.7. The molecule has 1 amide bonds. The van der Waals surface area contributed by atoms with Gasteiger partial charge in [-0.25, -0.2) is 0 Å². The molecule has 2 aliphatic heterocycles. The molecule has 3 rings (SSSR count). The van der Waals surface area contributed by atoms with Crippen LogP contribution in [0.5, 0.6) is 0 Å². The zero-order valence-electron chi connectivity index (χ0n) is 15.6. The number of hydrogen-bond donors (Lipinski definition) is 0. The number of likely N-dealkylation sites (tertiary alicyclic amines) is 2. The summed E-state index contributed by atoms with van der Waals surface area (Å²) in [5.41, 5.74) is 1.29. The zero-order chi connectivity index (χ0) is 17.9. The Morgan fingerprint density at radius 2 is 2.04 bits per heavy atom. The standard InChI is InChI=1S/C18H30N4O3/c1-20-11-15(10-19-20)12-21-6-4-18(5-7-21)14-22(8-9-24-2)17(23)16(18)13-25-3/h10-11,16H,4-9,12-14H2,1-3H3/t16-/m1/s1. The van der Waals surface area contributed by atoms with E-state index in [1.54, 1.807) is 14.2 Å². The highest BCUT2D eigenvalue weighted by atomic mass is 16.5. The van der Waals surface area contributed by atoms with Gasteiger partial charge in [0.25, 0.3) is 0 Å². The Hall–Kier alpha value is -1.44. The van der Waals surface area contributed by atoms with Crippen LogP contribution in [0, 0.1) is 11.3 Å². The number of nitrogens with zero attached hydrogens (tertiary/aromatic N) is 4. The second kappa shape index (κ2) is 7.85. The number of ether oxygens (including phenoxy) is 2. The molecule has 0 radical (unpaired) electrons. The van der Waals surface area contributed by atoms with Crippen molar-refractivity contribution in [1.82, 2.24) is 19.6 Å². The monoisotopic (exact) mass is 350 g/mol. The van der Waals surface area contributed by atoms with Crippen LogP contribution in [0.1, 0.15) is 18.4 Å². The number of amides is 1. The molecule has 1 spiro atoms. The summed E-state index contributed by atoms with van der Waals surface area (Å²) in [5, 5.41) is 4.25. The van der Waals surface area contributed by atoms with Crippen LogP contribution >= 0.6 is 0 Å². The van der Waals surface area contributed by atoms with Crippen molar-refractivity contribution in [3.05, 3.63) is 18.0 Å². The minimum Gasteiger partial charge on any atom is -0.384 e. The number of carbonyl (C=O) groups is 1. The first-order valence-corrected chi connectivity index (χ1v) is 9.04. The van der Waals surface area contributed by atoms with Gasteiger partial charge in [-0.15, -0.1) is 0 Å². The lowest BCUT2D eigenvalue weighted by molar-refractivity contribution is -0.134. The van der Waals surface area contributed by atoms with E-state index >= 15 is 0 Å².